The highest BCUT2D eigenvalue weighted by Gasteiger charge is 2.16. The maximum Gasteiger partial charge on any atom is 0.280 e. The zero-order valence-corrected chi connectivity index (χ0v) is 18.6. The van der Waals surface area contributed by atoms with Crippen LogP contribution >= 0.6 is 0 Å². The number of amides is 1. The van der Waals surface area contributed by atoms with Gasteiger partial charge >= 0.3 is 0 Å². The summed E-state index contributed by atoms with van der Waals surface area (Å²) in [6, 6.07) is 9.55. The van der Waals surface area contributed by atoms with Gasteiger partial charge in [-0.2, -0.15) is 0 Å². The molecule has 4 aromatic heterocycles. The minimum Gasteiger partial charge on any atom is -0.352 e. The molecule has 0 fully saturated rings. The predicted octanol–water partition coefficient (Wildman–Crippen LogP) is 5.03. The molecule has 172 valence electrons. The fourth-order valence-corrected chi connectivity index (χ4v) is 2.98. The van der Waals surface area contributed by atoms with Crippen LogP contribution < -0.4 is 10.6 Å². The molecule has 0 saturated heterocycles. The second kappa shape index (κ2) is 11.1. The smallest absolute Gasteiger partial charge is 0.280 e. The number of hydrogen-bond acceptors (Lipinski definition) is 6. The number of fused-ring (bicyclic) bond motifs is 1. The summed E-state index contributed by atoms with van der Waals surface area (Å²) in [4.78, 5) is 25.0. The highest BCUT2D eigenvalue weighted by Crippen LogP contribution is 2.26. The first kappa shape index (κ1) is 23.7. The highest BCUT2D eigenvalue weighted by molar-refractivity contribution is 6.00. The molecule has 0 aliphatic heterocycles. The van der Waals surface area contributed by atoms with Gasteiger partial charge in [-0.3, -0.25) is 9.78 Å². The summed E-state index contributed by atoms with van der Waals surface area (Å²) in [5.74, 6) is 0.305. The first-order valence-electron chi connectivity index (χ1n) is 10.7. The lowest BCUT2D eigenvalue weighted by Gasteiger charge is -2.13. The average Bonchev–Trinajstić information content (AvgIpc) is 3.33. The van der Waals surface area contributed by atoms with Crippen LogP contribution in [0.3, 0.4) is 0 Å². The van der Waals surface area contributed by atoms with Crippen molar-refractivity contribution in [3.63, 3.8) is 0 Å². The summed E-state index contributed by atoms with van der Waals surface area (Å²) >= 11 is 0. The lowest BCUT2D eigenvalue weighted by atomic mass is 10.2. The quantitative estimate of drug-likeness (QED) is 0.407. The number of pyridine rings is 2. The molecule has 8 nitrogen and oxygen atoms in total. The monoisotopic (exact) mass is 453 g/mol. The highest BCUT2D eigenvalue weighted by atomic mass is 19.3. The number of carbonyl (C=O) groups excluding carboxylic acids is 1. The van der Waals surface area contributed by atoms with E-state index in [1.165, 1.54) is 18.3 Å². The Morgan fingerprint density at radius 3 is 2.70 bits per heavy atom. The number of carbonyl (C=O) groups is 1. The van der Waals surface area contributed by atoms with Crippen LogP contribution in [-0.2, 0) is 0 Å². The van der Waals surface area contributed by atoms with Gasteiger partial charge in [-0.15, -0.1) is 5.10 Å². The summed E-state index contributed by atoms with van der Waals surface area (Å²) in [7, 11) is 0. The van der Waals surface area contributed by atoms with Crippen molar-refractivity contribution in [3.8, 4) is 11.5 Å². The van der Waals surface area contributed by atoms with E-state index in [2.05, 4.69) is 30.7 Å². The van der Waals surface area contributed by atoms with E-state index in [0.29, 0.717) is 29.1 Å². The van der Waals surface area contributed by atoms with Gasteiger partial charge in [0.25, 0.3) is 12.3 Å². The summed E-state index contributed by atoms with van der Waals surface area (Å²) in [5, 5.41) is 10.4. The third kappa shape index (κ3) is 5.46. The minimum atomic E-state index is -2.70. The van der Waals surface area contributed by atoms with Crippen LogP contribution in [0.1, 0.15) is 49.7 Å². The molecule has 0 bridgehead atoms. The van der Waals surface area contributed by atoms with Gasteiger partial charge in [0.2, 0.25) is 5.82 Å². The molecule has 0 saturated carbocycles. The fourth-order valence-electron chi connectivity index (χ4n) is 2.98. The van der Waals surface area contributed by atoms with Crippen molar-refractivity contribution in [1.82, 2.24) is 29.9 Å². The zero-order valence-electron chi connectivity index (χ0n) is 18.6. The van der Waals surface area contributed by atoms with Crippen LogP contribution in [0.2, 0.25) is 0 Å². The van der Waals surface area contributed by atoms with Crippen LogP contribution in [0.4, 0.5) is 20.3 Å². The molecule has 0 aromatic carbocycles. The van der Waals surface area contributed by atoms with E-state index >= 15 is 0 Å². The van der Waals surface area contributed by atoms with E-state index in [1.807, 2.05) is 20.8 Å². The molecule has 4 heterocycles. The molecule has 0 spiro atoms. The largest absolute Gasteiger partial charge is 0.352 e. The van der Waals surface area contributed by atoms with E-state index in [-0.39, 0.29) is 23.1 Å². The van der Waals surface area contributed by atoms with Gasteiger partial charge in [0.1, 0.15) is 16.9 Å². The Labute approximate surface area is 190 Å². The molecule has 1 amide bonds. The molecule has 10 heteroatoms. The Kier molecular flexibility index (Phi) is 7.96. The van der Waals surface area contributed by atoms with Gasteiger partial charge in [-0.05, 0) is 36.8 Å². The van der Waals surface area contributed by atoms with E-state index < -0.39 is 6.43 Å². The Hall–Kier alpha value is -3.95. The molecular formula is C23H25F2N7O. The normalized spacial score (nSPS) is 10.6. The molecule has 33 heavy (non-hydrogen) atoms. The first-order valence-corrected chi connectivity index (χ1v) is 10.7. The van der Waals surface area contributed by atoms with Crippen molar-refractivity contribution in [2.75, 3.05) is 11.9 Å². The number of hydrogen-bond donors (Lipinski definition) is 2. The number of halogens is 2. The number of aromatic nitrogens is 5. The standard InChI is InChI=1S/C21H19F2N7O.C2H6/c1-2-9-25-21(31)13-12-24-10-8-14(13)27-20-17-7-4-11-30(17)29-19(28-20)16-6-3-5-15(26-16)18(22)23;1-2/h3-8,10-12,18H,2,9H2,1H3,(H,25,31)(H,24,27,28,29);1-2H3. The van der Waals surface area contributed by atoms with Crippen LogP contribution in [0.5, 0.6) is 0 Å². The SMILES string of the molecule is CC.CCCNC(=O)c1cnccc1Nc1nc(-c2cccc(C(F)F)n2)nn2cccc12. The van der Waals surface area contributed by atoms with Crippen molar-refractivity contribution < 1.29 is 13.6 Å². The lowest BCUT2D eigenvalue weighted by molar-refractivity contribution is 0.0954. The third-order valence-corrected chi connectivity index (χ3v) is 4.47. The first-order chi connectivity index (χ1) is 16.1. The molecule has 0 aliphatic rings. The van der Waals surface area contributed by atoms with Crippen molar-refractivity contribution in [3.05, 3.63) is 66.2 Å². The van der Waals surface area contributed by atoms with Crippen LogP contribution in [0.25, 0.3) is 17.0 Å². The van der Waals surface area contributed by atoms with Crippen LogP contribution in [0.15, 0.2) is 55.0 Å². The molecule has 4 aromatic rings. The van der Waals surface area contributed by atoms with Crippen molar-refractivity contribution in [1.29, 1.82) is 0 Å². The third-order valence-electron chi connectivity index (χ3n) is 4.47. The molecule has 4 rings (SSSR count). The van der Waals surface area contributed by atoms with Crippen molar-refractivity contribution in [2.45, 2.75) is 33.6 Å². The van der Waals surface area contributed by atoms with E-state index in [4.69, 9.17) is 0 Å². The van der Waals surface area contributed by atoms with E-state index in [1.54, 1.807) is 41.2 Å². The number of nitrogens with zero attached hydrogens (tertiary/aromatic N) is 5. The Morgan fingerprint density at radius 2 is 1.94 bits per heavy atom. The van der Waals surface area contributed by atoms with Gasteiger partial charge in [0.05, 0.1) is 11.3 Å². The number of nitrogens with one attached hydrogen (secondary N) is 2. The Morgan fingerprint density at radius 1 is 1.12 bits per heavy atom. The number of rotatable bonds is 7. The summed E-state index contributed by atoms with van der Waals surface area (Å²) in [6.07, 6.45) is 2.85. The number of anilines is 2. The maximum absolute atomic E-state index is 13.1. The van der Waals surface area contributed by atoms with Gasteiger partial charge in [-0.1, -0.05) is 26.8 Å². The fraction of sp³-hybridized carbons (Fsp3) is 0.261. The Bertz CT molecular complexity index is 1230. The molecule has 0 unspecified atom stereocenters. The second-order valence-electron chi connectivity index (χ2n) is 6.67. The topological polar surface area (TPSA) is 97.1 Å². The van der Waals surface area contributed by atoms with Gasteiger partial charge in [0, 0.05) is 25.1 Å². The molecule has 0 aliphatic carbocycles. The van der Waals surface area contributed by atoms with Gasteiger partial charge in [-0.25, -0.2) is 23.3 Å². The number of alkyl halides is 2. The van der Waals surface area contributed by atoms with E-state index in [0.717, 1.165) is 6.42 Å². The Balaban J connectivity index is 0.00000149. The molecule has 2 N–H and O–H groups in total. The van der Waals surface area contributed by atoms with Crippen LogP contribution in [0, 0.1) is 0 Å². The summed E-state index contributed by atoms with van der Waals surface area (Å²) in [6.45, 7) is 6.51. The molecule has 0 radical (unpaired) electrons. The van der Waals surface area contributed by atoms with Crippen molar-refractivity contribution >= 4 is 22.9 Å². The van der Waals surface area contributed by atoms with Crippen molar-refractivity contribution in [2.24, 2.45) is 0 Å². The average molecular weight is 453 g/mol. The zero-order chi connectivity index (χ0) is 23.8. The summed E-state index contributed by atoms with van der Waals surface area (Å²) in [5.41, 5.74) is 1.37. The molecule has 0 atom stereocenters. The maximum atomic E-state index is 13.1. The summed E-state index contributed by atoms with van der Waals surface area (Å²) < 4.78 is 27.7. The van der Waals surface area contributed by atoms with Crippen LogP contribution in [-0.4, -0.2) is 37.0 Å². The van der Waals surface area contributed by atoms with Gasteiger partial charge < -0.3 is 10.6 Å². The second-order valence-corrected chi connectivity index (χ2v) is 6.67. The van der Waals surface area contributed by atoms with Gasteiger partial charge in [0.15, 0.2) is 5.82 Å². The van der Waals surface area contributed by atoms with E-state index in [9.17, 15) is 13.6 Å². The molecular weight excluding hydrogens is 428 g/mol. The minimum absolute atomic E-state index is 0.166. The predicted molar refractivity (Wildman–Crippen MR) is 123 cm³/mol. The lowest BCUT2D eigenvalue weighted by Crippen LogP contribution is -2.25.